The summed E-state index contributed by atoms with van der Waals surface area (Å²) in [6.45, 7) is 5.16. The van der Waals surface area contributed by atoms with Crippen molar-refractivity contribution < 1.29 is 5.11 Å². The molecule has 3 nitrogen and oxygen atoms in total. The molecule has 0 aromatic rings. The molecule has 1 heterocycles. The number of aliphatic imine (C=N–C) groups is 1. The fourth-order valence-corrected chi connectivity index (χ4v) is 2.94. The van der Waals surface area contributed by atoms with E-state index in [-0.39, 0.29) is 6.61 Å². The van der Waals surface area contributed by atoms with Crippen LogP contribution in [0.3, 0.4) is 0 Å². The molecule has 0 atom stereocenters. The maximum atomic E-state index is 9.02. The molecule has 0 unspecified atom stereocenters. The summed E-state index contributed by atoms with van der Waals surface area (Å²) in [5.74, 6) is 1.23. The van der Waals surface area contributed by atoms with E-state index in [4.69, 9.17) is 5.11 Å². The zero-order chi connectivity index (χ0) is 15.9. The molecule has 0 saturated carbocycles. The number of unbranched alkanes of at least 4 members (excludes halogenated alkanes) is 8. The van der Waals surface area contributed by atoms with Gasteiger partial charge in [-0.15, -0.1) is 0 Å². The third-order valence-corrected chi connectivity index (χ3v) is 4.31. The molecule has 0 aromatic carbocycles. The maximum absolute atomic E-state index is 9.02. The molecule has 1 aliphatic heterocycles. The van der Waals surface area contributed by atoms with Crippen molar-refractivity contribution in [2.24, 2.45) is 4.99 Å². The largest absolute Gasteiger partial charge is 0.395 e. The first-order chi connectivity index (χ1) is 10.9. The molecule has 0 amide bonds. The van der Waals surface area contributed by atoms with Gasteiger partial charge in [0.2, 0.25) is 0 Å². The predicted octanol–water partition coefficient (Wildman–Crippen LogP) is 4.56. The van der Waals surface area contributed by atoms with Gasteiger partial charge >= 0.3 is 0 Å². The minimum atomic E-state index is 0.242. The standard InChI is InChI=1S/C19H36N2O/c1-2-3-4-5-6-7-8-9-10-11-12-13-14-19-20-15-16-21(19)17-18-22/h5-6,22H,2-4,7-18H2,1H3/b6-5+. The molecule has 0 radical (unpaired) electrons. The van der Waals surface area contributed by atoms with Crippen LogP contribution in [0, 0.1) is 0 Å². The topological polar surface area (TPSA) is 35.8 Å². The van der Waals surface area contributed by atoms with Gasteiger partial charge in [0.15, 0.2) is 0 Å². The molecule has 22 heavy (non-hydrogen) atoms. The lowest BCUT2D eigenvalue weighted by atomic mass is 10.1. The average Bonchev–Trinajstić information content (AvgIpc) is 2.96. The van der Waals surface area contributed by atoms with Crippen molar-refractivity contribution in [2.75, 3.05) is 26.2 Å². The van der Waals surface area contributed by atoms with Crippen molar-refractivity contribution in [3.8, 4) is 0 Å². The Balaban J connectivity index is 1.86. The van der Waals surface area contributed by atoms with E-state index >= 15 is 0 Å². The van der Waals surface area contributed by atoms with Crippen LogP contribution < -0.4 is 0 Å². The van der Waals surface area contributed by atoms with E-state index in [1.54, 1.807) is 0 Å². The summed E-state index contributed by atoms with van der Waals surface area (Å²) in [5.41, 5.74) is 0. The predicted molar refractivity (Wildman–Crippen MR) is 96.6 cm³/mol. The van der Waals surface area contributed by atoms with E-state index in [1.165, 1.54) is 70.0 Å². The summed E-state index contributed by atoms with van der Waals surface area (Å²) in [7, 11) is 0. The van der Waals surface area contributed by atoms with Crippen LogP contribution in [0.25, 0.3) is 0 Å². The number of β-amino-alcohol motifs (C(OH)–C–C–N with tert-alkyl or cyclic N) is 1. The average molecular weight is 309 g/mol. The summed E-state index contributed by atoms with van der Waals surface area (Å²) < 4.78 is 0. The van der Waals surface area contributed by atoms with Crippen LogP contribution in [0.4, 0.5) is 0 Å². The summed E-state index contributed by atoms with van der Waals surface area (Å²) in [4.78, 5) is 6.79. The molecule has 0 aliphatic carbocycles. The molecule has 0 aromatic heterocycles. The molecular weight excluding hydrogens is 272 g/mol. The van der Waals surface area contributed by atoms with Gasteiger partial charge in [0.25, 0.3) is 0 Å². The Bertz CT molecular complexity index is 313. The van der Waals surface area contributed by atoms with Crippen LogP contribution in [0.5, 0.6) is 0 Å². The van der Waals surface area contributed by atoms with Gasteiger partial charge in [-0.1, -0.05) is 57.6 Å². The molecule has 0 fully saturated rings. The molecule has 0 spiro atoms. The minimum Gasteiger partial charge on any atom is -0.395 e. The number of hydrogen-bond donors (Lipinski definition) is 1. The zero-order valence-electron chi connectivity index (χ0n) is 14.6. The molecule has 1 N–H and O–H groups in total. The highest BCUT2D eigenvalue weighted by Crippen LogP contribution is 2.12. The number of aliphatic hydroxyl groups is 1. The first-order valence-electron chi connectivity index (χ1n) is 9.42. The molecule has 1 rings (SSSR count). The van der Waals surface area contributed by atoms with Crippen molar-refractivity contribution in [3.63, 3.8) is 0 Å². The van der Waals surface area contributed by atoms with Crippen LogP contribution in [-0.2, 0) is 0 Å². The second-order valence-corrected chi connectivity index (χ2v) is 6.28. The van der Waals surface area contributed by atoms with Crippen molar-refractivity contribution in [1.29, 1.82) is 0 Å². The van der Waals surface area contributed by atoms with Crippen LogP contribution in [0.1, 0.15) is 77.6 Å². The van der Waals surface area contributed by atoms with Crippen molar-refractivity contribution >= 4 is 5.84 Å². The van der Waals surface area contributed by atoms with Crippen molar-refractivity contribution in [1.82, 2.24) is 4.90 Å². The van der Waals surface area contributed by atoms with Crippen molar-refractivity contribution in [2.45, 2.75) is 77.6 Å². The lowest BCUT2D eigenvalue weighted by Crippen LogP contribution is -2.30. The van der Waals surface area contributed by atoms with E-state index in [2.05, 4.69) is 29.0 Å². The number of aliphatic hydroxyl groups excluding tert-OH is 1. The highest BCUT2D eigenvalue weighted by atomic mass is 16.3. The second-order valence-electron chi connectivity index (χ2n) is 6.28. The van der Waals surface area contributed by atoms with Gasteiger partial charge in [-0.05, 0) is 25.7 Å². The smallest absolute Gasteiger partial charge is 0.0991 e. The lowest BCUT2D eigenvalue weighted by molar-refractivity contribution is 0.255. The van der Waals surface area contributed by atoms with E-state index in [0.29, 0.717) is 0 Å². The molecule has 1 aliphatic rings. The van der Waals surface area contributed by atoms with E-state index in [1.807, 2.05) is 0 Å². The van der Waals surface area contributed by atoms with E-state index < -0.39 is 0 Å². The molecule has 0 saturated heterocycles. The second kappa shape index (κ2) is 13.8. The normalized spacial score (nSPS) is 15.0. The number of hydrogen-bond acceptors (Lipinski definition) is 3. The molecule has 0 bridgehead atoms. The van der Waals surface area contributed by atoms with Crippen LogP contribution in [0.15, 0.2) is 17.1 Å². The SMILES string of the molecule is CCCC/C=C/CCCCCCCCC1=NCCN1CCO. The molecule has 128 valence electrons. The summed E-state index contributed by atoms with van der Waals surface area (Å²) >= 11 is 0. The van der Waals surface area contributed by atoms with Gasteiger partial charge in [-0.3, -0.25) is 4.99 Å². The summed E-state index contributed by atoms with van der Waals surface area (Å²) in [5, 5.41) is 9.02. The lowest BCUT2D eigenvalue weighted by Gasteiger charge is -2.18. The quantitative estimate of drug-likeness (QED) is 0.377. The van der Waals surface area contributed by atoms with Crippen LogP contribution in [0.2, 0.25) is 0 Å². The Morgan fingerprint density at radius 2 is 1.68 bits per heavy atom. The number of allylic oxidation sites excluding steroid dienone is 2. The Kier molecular flexibility index (Phi) is 12.1. The minimum absolute atomic E-state index is 0.242. The van der Waals surface area contributed by atoms with Crippen molar-refractivity contribution in [3.05, 3.63) is 12.2 Å². The van der Waals surface area contributed by atoms with Gasteiger partial charge in [0, 0.05) is 19.5 Å². The fraction of sp³-hybridized carbons (Fsp3) is 0.842. The third kappa shape index (κ3) is 9.24. The van der Waals surface area contributed by atoms with E-state index in [9.17, 15) is 0 Å². The highest BCUT2D eigenvalue weighted by Gasteiger charge is 2.14. The van der Waals surface area contributed by atoms with Gasteiger partial charge in [-0.25, -0.2) is 0 Å². The van der Waals surface area contributed by atoms with Gasteiger partial charge < -0.3 is 10.0 Å². The number of nitrogens with zero attached hydrogens (tertiary/aromatic N) is 2. The first kappa shape index (κ1) is 19.2. The number of amidine groups is 1. The third-order valence-electron chi connectivity index (χ3n) is 4.31. The Hall–Kier alpha value is -0.830. The Morgan fingerprint density at radius 1 is 1.00 bits per heavy atom. The highest BCUT2D eigenvalue weighted by molar-refractivity contribution is 5.83. The first-order valence-corrected chi connectivity index (χ1v) is 9.42. The summed E-state index contributed by atoms with van der Waals surface area (Å²) in [6.07, 6.45) is 19.0. The van der Waals surface area contributed by atoms with Gasteiger partial charge in [-0.2, -0.15) is 0 Å². The Labute approximate surface area is 137 Å². The summed E-state index contributed by atoms with van der Waals surface area (Å²) in [6, 6.07) is 0. The van der Waals surface area contributed by atoms with Gasteiger partial charge in [0.05, 0.1) is 19.0 Å². The zero-order valence-corrected chi connectivity index (χ0v) is 14.6. The van der Waals surface area contributed by atoms with Crippen LogP contribution >= 0.6 is 0 Å². The van der Waals surface area contributed by atoms with Gasteiger partial charge in [0.1, 0.15) is 0 Å². The molecule has 3 heteroatoms. The number of rotatable bonds is 14. The van der Waals surface area contributed by atoms with Crippen LogP contribution in [-0.4, -0.2) is 42.1 Å². The fourth-order valence-electron chi connectivity index (χ4n) is 2.94. The maximum Gasteiger partial charge on any atom is 0.0991 e. The molecular formula is C19H36N2O. The monoisotopic (exact) mass is 308 g/mol. The Morgan fingerprint density at radius 3 is 2.41 bits per heavy atom. The van der Waals surface area contributed by atoms with E-state index in [0.717, 1.165) is 26.1 Å².